The molecule has 0 saturated heterocycles. The highest BCUT2D eigenvalue weighted by molar-refractivity contribution is 7.09. The molecule has 0 spiro atoms. The molecule has 0 amide bonds. The van der Waals surface area contributed by atoms with Crippen molar-refractivity contribution in [3.8, 4) is 0 Å². The molecular weight excluding hydrogens is 232 g/mol. The molecule has 1 N–H and O–H groups in total. The molecule has 3 rings (SSSR count). The summed E-state index contributed by atoms with van der Waals surface area (Å²) in [6.45, 7) is 3.79. The lowest BCUT2D eigenvalue weighted by Gasteiger charge is -1.99. The van der Waals surface area contributed by atoms with Gasteiger partial charge in [0, 0.05) is 35.9 Å². The molecule has 2 heterocycles. The van der Waals surface area contributed by atoms with Crippen molar-refractivity contribution in [1.82, 2.24) is 20.1 Å². The second-order valence-corrected chi connectivity index (χ2v) is 5.50. The third kappa shape index (κ3) is 2.73. The molecule has 0 radical (unpaired) electrons. The molecule has 0 bridgehead atoms. The number of hydrogen-bond acceptors (Lipinski definition) is 4. The van der Waals surface area contributed by atoms with Crippen LogP contribution in [0.2, 0.25) is 0 Å². The molecule has 90 valence electrons. The van der Waals surface area contributed by atoms with Crippen LogP contribution >= 0.6 is 11.3 Å². The van der Waals surface area contributed by atoms with E-state index >= 15 is 0 Å². The minimum atomic E-state index is 0.747. The van der Waals surface area contributed by atoms with E-state index in [2.05, 4.69) is 28.5 Å². The highest BCUT2D eigenvalue weighted by Gasteiger charge is 2.20. The van der Waals surface area contributed by atoms with Crippen LogP contribution in [0.5, 0.6) is 0 Å². The van der Waals surface area contributed by atoms with Gasteiger partial charge < -0.3 is 5.32 Å². The summed E-state index contributed by atoms with van der Waals surface area (Å²) in [5.41, 5.74) is 2.42. The first-order valence-electron chi connectivity index (χ1n) is 5.96. The predicted octanol–water partition coefficient (Wildman–Crippen LogP) is 1.95. The number of thiazole rings is 1. The Bertz CT molecular complexity index is 485. The molecule has 1 fully saturated rings. The average molecular weight is 248 g/mol. The topological polar surface area (TPSA) is 42.7 Å². The molecule has 5 heteroatoms. The third-order valence-electron chi connectivity index (χ3n) is 2.99. The number of hydrogen-bond donors (Lipinski definition) is 1. The van der Waals surface area contributed by atoms with Gasteiger partial charge in [-0.3, -0.25) is 4.68 Å². The minimum Gasteiger partial charge on any atom is -0.310 e. The Hall–Kier alpha value is -1.20. The van der Waals surface area contributed by atoms with Crippen molar-refractivity contribution in [3.05, 3.63) is 34.0 Å². The van der Waals surface area contributed by atoms with Gasteiger partial charge >= 0.3 is 0 Å². The van der Waals surface area contributed by atoms with Crippen LogP contribution in [0.15, 0.2) is 17.8 Å². The van der Waals surface area contributed by atoms with E-state index in [1.165, 1.54) is 18.4 Å². The number of aryl methyl sites for hydroxylation is 1. The van der Waals surface area contributed by atoms with Crippen LogP contribution < -0.4 is 5.32 Å². The van der Waals surface area contributed by atoms with E-state index in [0.29, 0.717) is 0 Å². The Morgan fingerprint density at radius 1 is 1.53 bits per heavy atom. The van der Waals surface area contributed by atoms with Crippen molar-refractivity contribution in [3.63, 3.8) is 0 Å². The van der Waals surface area contributed by atoms with Crippen molar-refractivity contribution >= 4 is 11.3 Å². The Labute approximate surface area is 105 Å². The molecule has 1 saturated carbocycles. The van der Waals surface area contributed by atoms with Crippen molar-refractivity contribution < 1.29 is 0 Å². The van der Waals surface area contributed by atoms with Gasteiger partial charge in [0.1, 0.15) is 5.01 Å². The van der Waals surface area contributed by atoms with Crippen LogP contribution in [-0.2, 0) is 13.1 Å². The van der Waals surface area contributed by atoms with Gasteiger partial charge in [-0.25, -0.2) is 4.98 Å². The first kappa shape index (κ1) is 10.9. The quantitative estimate of drug-likeness (QED) is 0.879. The molecule has 2 aromatic rings. The average Bonchev–Trinajstić information content (AvgIpc) is 2.88. The fourth-order valence-electron chi connectivity index (χ4n) is 1.83. The normalized spacial score (nSPS) is 15.4. The van der Waals surface area contributed by atoms with Crippen LogP contribution in [0, 0.1) is 6.92 Å². The number of nitrogens with zero attached hydrogens (tertiary/aromatic N) is 3. The van der Waals surface area contributed by atoms with Gasteiger partial charge in [-0.15, -0.1) is 11.3 Å². The summed E-state index contributed by atoms with van der Waals surface area (Å²) in [5.74, 6) is 0. The summed E-state index contributed by atoms with van der Waals surface area (Å²) in [7, 11) is 0. The van der Waals surface area contributed by atoms with Gasteiger partial charge in [-0.1, -0.05) is 0 Å². The summed E-state index contributed by atoms with van der Waals surface area (Å²) in [6, 6.07) is 0.747. The van der Waals surface area contributed by atoms with Crippen molar-refractivity contribution in [2.75, 3.05) is 0 Å². The third-order valence-corrected chi connectivity index (χ3v) is 3.75. The first-order valence-corrected chi connectivity index (χ1v) is 6.84. The summed E-state index contributed by atoms with van der Waals surface area (Å²) < 4.78 is 1.98. The van der Waals surface area contributed by atoms with E-state index in [9.17, 15) is 0 Å². The maximum atomic E-state index is 4.53. The molecule has 1 aliphatic rings. The number of aromatic nitrogens is 3. The molecule has 0 aromatic carbocycles. The molecular formula is C12H16N4S. The van der Waals surface area contributed by atoms with Gasteiger partial charge in [0.05, 0.1) is 12.2 Å². The van der Waals surface area contributed by atoms with Crippen LogP contribution in [0.3, 0.4) is 0 Å². The molecule has 0 atom stereocenters. The summed E-state index contributed by atoms with van der Waals surface area (Å²) in [4.78, 5) is 4.28. The zero-order valence-electron chi connectivity index (χ0n) is 9.89. The molecule has 17 heavy (non-hydrogen) atoms. The lowest BCUT2D eigenvalue weighted by molar-refractivity contribution is 0.671. The Morgan fingerprint density at radius 2 is 2.41 bits per heavy atom. The van der Waals surface area contributed by atoms with Gasteiger partial charge in [0.25, 0.3) is 0 Å². The molecule has 0 unspecified atom stereocenters. The second kappa shape index (κ2) is 4.58. The lowest BCUT2D eigenvalue weighted by atomic mass is 10.2. The van der Waals surface area contributed by atoms with E-state index in [0.717, 1.165) is 29.8 Å². The number of rotatable bonds is 5. The van der Waals surface area contributed by atoms with Crippen LogP contribution in [0.25, 0.3) is 0 Å². The van der Waals surface area contributed by atoms with Gasteiger partial charge in [0.15, 0.2) is 0 Å². The molecule has 0 aliphatic heterocycles. The van der Waals surface area contributed by atoms with E-state index in [1.807, 2.05) is 16.3 Å². The summed E-state index contributed by atoms with van der Waals surface area (Å²) in [6.07, 6.45) is 6.62. The van der Waals surface area contributed by atoms with E-state index in [1.54, 1.807) is 11.3 Å². The van der Waals surface area contributed by atoms with E-state index in [4.69, 9.17) is 0 Å². The minimum absolute atomic E-state index is 0.747. The standard InChI is InChI=1S/C12H16N4S/c1-9-10(6-14-11-2-3-11)7-16(15-9)8-12-13-4-5-17-12/h4-5,7,11,14H,2-3,6,8H2,1H3. The molecule has 2 aromatic heterocycles. The maximum absolute atomic E-state index is 4.53. The molecule has 4 nitrogen and oxygen atoms in total. The van der Waals surface area contributed by atoms with Gasteiger partial charge in [0.2, 0.25) is 0 Å². The second-order valence-electron chi connectivity index (χ2n) is 4.52. The smallest absolute Gasteiger partial charge is 0.114 e. The van der Waals surface area contributed by atoms with Gasteiger partial charge in [-0.2, -0.15) is 5.10 Å². The van der Waals surface area contributed by atoms with Crippen LogP contribution in [-0.4, -0.2) is 20.8 Å². The Kier molecular flexibility index (Phi) is 2.94. The van der Waals surface area contributed by atoms with Crippen molar-refractivity contribution in [2.24, 2.45) is 0 Å². The van der Waals surface area contributed by atoms with Crippen LogP contribution in [0.4, 0.5) is 0 Å². The zero-order chi connectivity index (χ0) is 11.7. The van der Waals surface area contributed by atoms with E-state index in [-0.39, 0.29) is 0 Å². The Morgan fingerprint density at radius 3 is 3.12 bits per heavy atom. The fraction of sp³-hybridized carbons (Fsp3) is 0.500. The number of nitrogens with one attached hydrogen (secondary N) is 1. The predicted molar refractivity (Wildman–Crippen MR) is 68.0 cm³/mol. The van der Waals surface area contributed by atoms with Gasteiger partial charge in [-0.05, 0) is 19.8 Å². The monoisotopic (exact) mass is 248 g/mol. The maximum Gasteiger partial charge on any atom is 0.114 e. The van der Waals surface area contributed by atoms with Crippen molar-refractivity contribution in [1.29, 1.82) is 0 Å². The first-order chi connectivity index (χ1) is 8.31. The highest BCUT2D eigenvalue weighted by Crippen LogP contribution is 2.19. The highest BCUT2D eigenvalue weighted by atomic mass is 32.1. The van der Waals surface area contributed by atoms with Crippen molar-refractivity contribution in [2.45, 2.75) is 38.9 Å². The SMILES string of the molecule is Cc1nn(Cc2nccs2)cc1CNC1CC1. The van der Waals surface area contributed by atoms with Crippen LogP contribution in [0.1, 0.15) is 29.1 Å². The molecule has 1 aliphatic carbocycles. The summed E-state index contributed by atoms with van der Waals surface area (Å²) in [5, 5.41) is 11.2. The summed E-state index contributed by atoms with van der Waals surface area (Å²) >= 11 is 1.67. The Balaban J connectivity index is 1.66. The van der Waals surface area contributed by atoms with E-state index < -0.39 is 0 Å². The lowest BCUT2D eigenvalue weighted by Crippen LogP contribution is -2.15. The zero-order valence-corrected chi connectivity index (χ0v) is 10.7. The largest absolute Gasteiger partial charge is 0.310 e. The fourth-order valence-corrected chi connectivity index (χ4v) is 2.43.